The maximum absolute atomic E-state index is 11.3. The number of aromatic nitrogens is 2. The summed E-state index contributed by atoms with van der Waals surface area (Å²) in [5, 5.41) is 7.92. The van der Waals surface area contributed by atoms with Crippen molar-refractivity contribution >= 4 is 37.8 Å². The van der Waals surface area contributed by atoms with Crippen molar-refractivity contribution in [1.29, 1.82) is 0 Å². The highest BCUT2D eigenvalue weighted by atomic mass is 79.9. The molecule has 0 unspecified atom stereocenters. The van der Waals surface area contributed by atoms with E-state index < -0.39 is 10.1 Å². The highest BCUT2D eigenvalue weighted by Crippen LogP contribution is 2.30. The first-order valence-corrected chi connectivity index (χ1v) is 8.37. The van der Waals surface area contributed by atoms with Crippen molar-refractivity contribution in [3.05, 3.63) is 22.7 Å². The minimum Gasteiger partial charge on any atom is -0.411 e. The van der Waals surface area contributed by atoms with Gasteiger partial charge in [0.2, 0.25) is 5.89 Å². The van der Waals surface area contributed by atoms with E-state index in [-0.39, 0.29) is 16.3 Å². The van der Waals surface area contributed by atoms with Gasteiger partial charge >= 0.3 is 0 Å². The zero-order chi connectivity index (χ0) is 14.0. The molecule has 1 heterocycles. The molecular weight excluding hydrogens is 356 g/mol. The van der Waals surface area contributed by atoms with Crippen LogP contribution in [0.5, 0.6) is 0 Å². The molecule has 0 fully saturated rings. The zero-order valence-electron chi connectivity index (χ0n) is 9.70. The van der Waals surface area contributed by atoms with E-state index in [4.69, 9.17) is 4.42 Å². The maximum Gasteiger partial charge on any atom is 0.295 e. The Balaban J connectivity index is 2.56. The van der Waals surface area contributed by atoms with Gasteiger partial charge in [-0.3, -0.25) is 4.55 Å². The van der Waals surface area contributed by atoms with E-state index in [1.54, 1.807) is 0 Å². The van der Waals surface area contributed by atoms with E-state index in [0.717, 1.165) is 5.75 Å². The molecule has 0 aliphatic heterocycles. The molecule has 102 valence electrons. The Morgan fingerprint density at radius 3 is 2.79 bits per heavy atom. The fourth-order valence-corrected chi connectivity index (χ4v) is 2.90. The first-order chi connectivity index (χ1) is 8.91. The third kappa shape index (κ3) is 3.35. The van der Waals surface area contributed by atoms with Crippen LogP contribution in [0.15, 0.2) is 37.2 Å². The summed E-state index contributed by atoms with van der Waals surface area (Å²) in [4.78, 5) is -0.271. The van der Waals surface area contributed by atoms with E-state index in [2.05, 4.69) is 26.1 Å². The van der Waals surface area contributed by atoms with E-state index in [9.17, 15) is 13.0 Å². The van der Waals surface area contributed by atoms with E-state index in [1.807, 2.05) is 6.92 Å². The molecule has 0 bridgehead atoms. The lowest BCUT2D eigenvalue weighted by atomic mass is 10.2. The lowest BCUT2D eigenvalue weighted by molar-refractivity contribution is 0.462. The van der Waals surface area contributed by atoms with Crippen LogP contribution in [0.25, 0.3) is 11.5 Å². The fourth-order valence-electron chi connectivity index (χ4n) is 1.39. The Morgan fingerprint density at radius 1 is 1.42 bits per heavy atom. The second-order valence-electron chi connectivity index (χ2n) is 3.42. The third-order valence-corrected chi connectivity index (χ3v) is 4.23. The molecule has 2 rings (SSSR count). The molecule has 0 aliphatic rings. The fraction of sp³-hybridized carbons (Fsp3) is 0.200. The molecule has 9 heteroatoms. The van der Waals surface area contributed by atoms with Gasteiger partial charge in [-0.2, -0.15) is 8.42 Å². The van der Waals surface area contributed by atoms with Crippen LogP contribution in [0.4, 0.5) is 0 Å². The molecular formula is C10H9BrN2O4S2. The number of hydrogen-bond donors (Lipinski definition) is 1. The summed E-state index contributed by atoms with van der Waals surface area (Å²) in [7, 11) is -4.36. The van der Waals surface area contributed by atoms with Crippen LogP contribution >= 0.6 is 27.7 Å². The van der Waals surface area contributed by atoms with Crippen molar-refractivity contribution in [1.82, 2.24) is 10.2 Å². The van der Waals surface area contributed by atoms with Gasteiger partial charge in [-0.15, -0.1) is 10.2 Å². The topological polar surface area (TPSA) is 93.3 Å². The first-order valence-electron chi connectivity index (χ1n) is 5.15. The second-order valence-corrected chi connectivity index (χ2v) is 6.94. The van der Waals surface area contributed by atoms with Gasteiger partial charge in [0.15, 0.2) is 0 Å². The van der Waals surface area contributed by atoms with E-state index in [0.29, 0.717) is 9.70 Å². The van der Waals surface area contributed by atoms with Crippen molar-refractivity contribution in [2.24, 2.45) is 0 Å². The molecule has 19 heavy (non-hydrogen) atoms. The average molecular weight is 365 g/mol. The summed E-state index contributed by atoms with van der Waals surface area (Å²) < 4.78 is 37.8. The molecule has 0 atom stereocenters. The number of nitrogens with zero attached hydrogens (tertiary/aromatic N) is 2. The third-order valence-electron chi connectivity index (χ3n) is 2.12. The Hall–Kier alpha value is -0.900. The van der Waals surface area contributed by atoms with Crippen LogP contribution < -0.4 is 0 Å². The minimum atomic E-state index is -4.36. The summed E-state index contributed by atoms with van der Waals surface area (Å²) >= 11 is 4.57. The lowest BCUT2D eigenvalue weighted by Gasteiger charge is -2.03. The highest BCUT2D eigenvalue weighted by molar-refractivity contribution is 9.10. The van der Waals surface area contributed by atoms with Gasteiger partial charge in [0.05, 0.1) is 5.56 Å². The number of rotatable bonds is 4. The summed E-state index contributed by atoms with van der Waals surface area (Å²) in [5.74, 6) is 0.801. The smallest absolute Gasteiger partial charge is 0.295 e. The van der Waals surface area contributed by atoms with Crippen LogP contribution in [0, 0.1) is 0 Å². The SMILES string of the molecule is CCSc1nnc(-c2cc(Br)ccc2S(=O)(=O)O)o1. The first kappa shape index (κ1) is 14.5. The van der Waals surface area contributed by atoms with Crippen LogP contribution in [-0.4, -0.2) is 28.9 Å². The molecule has 6 nitrogen and oxygen atoms in total. The van der Waals surface area contributed by atoms with Crippen LogP contribution in [0.1, 0.15) is 6.92 Å². The Kier molecular flexibility index (Phi) is 4.29. The quantitative estimate of drug-likeness (QED) is 0.658. The van der Waals surface area contributed by atoms with Crippen LogP contribution in [-0.2, 0) is 10.1 Å². The molecule has 0 radical (unpaired) electrons. The molecule has 1 aromatic heterocycles. The van der Waals surface area contributed by atoms with Crippen molar-refractivity contribution < 1.29 is 17.4 Å². The van der Waals surface area contributed by atoms with E-state index >= 15 is 0 Å². The summed E-state index contributed by atoms with van der Waals surface area (Å²) in [6, 6.07) is 4.27. The van der Waals surface area contributed by atoms with Gasteiger partial charge in [0.25, 0.3) is 15.3 Å². The van der Waals surface area contributed by atoms with Gasteiger partial charge in [0.1, 0.15) is 4.90 Å². The normalized spacial score (nSPS) is 11.7. The van der Waals surface area contributed by atoms with Crippen molar-refractivity contribution in [3.8, 4) is 11.5 Å². The molecule has 1 N–H and O–H groups in total. The van der Waals surface area contributed by atoms with Gasteiger partial charge in [0, 0.05) is 4.47 Å². The molecule has 0 saturated heterocycles. The average Bonchev–Trinajstić information content (AvgIpc) is 2.76. The molecule has 2 aromatic rings. The number of thioether (sulfide) groups is 1. The summed E-state index contributed by atoms with van der Waals surface area (Å²) in [6.45, 7) is 1.93. The van der Waals surface area contributed by atoms with Crippen molar-refractivity contribution in [2.45, 2.75) is 17.0 Å². The molecule has 0 spiro atoms. The molecule has 1 aromatic carbocycles. The number of halogens is 1. The zero-order valence-corrected chi connectivity index (χ0v) is 12.9. The summed E-state index contributed by atoms with van der Waals surface area (Å²) in [5.41, 5.74) is 0.160. The predicted molar refractivity (Wildman–Crippen MR) is 73.6 cm³/mol. The monoisotopic (exact) mass is 364 g/mol. The molecule has 0 aliphatic carbocycles. The van der Waals surface area contributed by atoms with E-state index in [1.165, 1.54) is 30.0 Å². The lowest BCUT2D eigenvalue weighted by Crippen LogP contribution is -2.00. The van der Waals surface area contributed by atoms with Gasteiger partial charge < -0.3 is 4.42 Å². The molecule has 0 amide bonds. The van der Waals surface area contributed by atoms with Crippen LogP contribution in [0.3, 0.4) is 0 Å². The Labute approximate surface area is 122 Å². The predicted octanol–water partition coefficient (Wildman–Crippen LogP) is 2.86. The van der Waals surface area contributed by atoms with Gasteiger partial charge in [-0.25, -0.2) is 0 Å². The Morgan fingerprint density at radius 2 is 2.16 bits per heavy atom. The highest BCUT2D eigenvalue weighted by Gasteiger charge is 2.21. The second kappa shape index (κ2) is 5.61. The van der Waals surface area contributed by atoms with Crippen molar-refractivity contribution in [2.75, 3.05) is 5.75 Å². The van der Waals surface area contributed by atoms with Crippen LogP contribution in [0.2, 0.25) is 0 Å². The Bertz CT molecular complexity index is 699. The van der Waals surface area contributed by atoms with Gasteiger partial charge in [-0.1, -0.05) is 34.6 Å². The minimum absolute atomic E-state index is 0.0462. The van der Waals surface area contributed by atoms with Gasteiger partial charge in [-0.05, 0) is 24.0 Å². The molecule has 0 saturated carbocycles. The standard InChI is InChI=1S/C10H9BrN2O4S2/c1-2-18-10-13-12-9(17-10)7-5-6(11)3-4-8(7)19(14,15)16/h3-5H,2H2,1H3,(H,14,15,16). The maximum atomic E-state index is 11.3. The number of hydrogen-bond acceptors (Lipinski definition) is 6. The summed E-state index contributed by atoms with van der Waals surface area (Å²) in [6.07, 6.45) is 0. The van der Waals surface area contributed by atoms with Crippen molar-refractivity contribution in [3.63, 3.8) is 0 Å². The number of benzene rings is 1. The largest absolute Gasteiger partial charge is 0.411 e.